The number of aromatic nitrogens is 1. The van der Waals surface area contributed by atoms with E-state index in [0.29, 0.717) is 13.0 Å². The summed E-state index contributed by atoms with van der Waals surface area (Å²) in [6, 6.07) is 11.3. The third-order valence-electron chi connectivity index (χ3n) is 3.39. The third-order valence-corrected chi connectivity index (χ3v) is 3.39. The molecule has 5 nitrogen and oxygen atoms in total. The summed E-state index contributed by atoms with van der Waals surface area (Å²) in [4.78, 5) is 15.8. The van der Waals surface area contributed by atoms with Gasteiger partial charge in [-0.15, -0.1) is 0 Å². The SMILES string of the molecule is CC(CCO)NC(=O)/C=C/c1ccc(OCc2cccnc2)cc1. The summed E-state index contributed by atoms with van der Waals surface area (Å²) in [6.45, 7) is 2.39. The van der Waals surface area contributed by atoms with Gasteiger partial charge in [-0.25, -0.2) is 0 Å². The Morgan fingerprint density at radius 2 is 2.12 bits per heavy atom. The van der Waals surface area contributed by atoms with Crippen molar-refractivity contribution in [1.82, 2.24) is 10.3 Å². The van der Waals surface area contributed by atoms with Crippen molar-refractivity contribution in [2.75, 3.05) is 6.61 Å². The minimum absolute atomic E-state index is 0.0459. The topological polar surface area (TPSA) is 71.5 Å². The molecule has 0 spiro atoms. The van der Waals surface area contributed by atoms with Crippen molar-refractivity contribution >= 4 is 12.0 Å². The number of amides is 1. The zero-order chi connectivity index (χ0) is 17.2. The molecule has 1 aromatic heterocycles. The van der Waals surface area contributed by atoms with Crippen LogP contribution in [0.5, 0.6) is 5.75 Å². The molecule has 2 rings (SSSR count). The van der Waals surface area contributed by atoms with Crippen molar-refractivity contribution in [2.24, 2.45) is 0 Å². The third kappa shape index (κ3) is 6.22. The van der Waals surface area contributed by atoms with Gasteiger partial charge in [-0.1, -0.05) is 18.2 Å². The Morgan fingerprint density at radius 3 is 2.79 bits per heavy atom. The molecular formula is C19H22N2O3. The van der Waals surface area contributed by atoms with E-state index in [1.54, 1.807) is 18.5 Å². The summed E-state index contributed by atoms with van der Waals surface area (Å²) in [5.74, 6) is 0.588. The number of rotatable bonds is 8. The first-order chi connectivity index (χ1) is 11.7. The highest BCUT2D eigenvalue weighted by Crippen LogP contribution is 2.14. The predicted octanol–water partition coefficient (Wildman–Crippen LogP) is 2.56. The van der Waals surface area contributed by atoms with E-state index < -0.39 is 0 Å². The minimum Gasteiger partial charge on any atom is -0.489 e. The van der Waals surface area contributed by atoms with Crippen LogP contribution in [0.15, 0.2) is 54.9 Å². The van der Waals surface area contributed by atoms with Crippen molar-refractivity contribution in [1.29, 1.82) is 0 Å². The first-order valence-electron chi connectivity index (χ1n) is 7.88. The van der Waals surface area contributed by atoms with Crippen LogP contribution in [-0.2, 0) is 11.4 Å². The lowest BCUT2D eigenvalue weighted by atomic mass is 10.2. The zero-order valence-corrected chi connectivity index (χ0v) is 13.7. The van der Waals surface area contributed by atoms with Crippen molar-refractivity contribution in [2.45, 2.75) is 26.0 Å². The van der Waals surface area contributed by atoms with Gasteiger partial charge in [-0.2, -0.15) is 0 Å². The van der Waals surface area contributed by atoms with E-state index in [1.807, 2.05) is 43.3 Å². The Bertz CT molecular complexity index is 654. The molecule has 1 atom stereocenters. The average Bonchev–Trinajstić information content (AvgIpc) is 2.60. The smallest absolute Gasteiger partial charge is 0.244 e. The second-order valence-electron chi connectivity index (χ2n) is 5.47. The zero-order valence-electron chi connectivity index (χ0n) is 13.7. The van der Waals surface area contributed by atoms with Crippen LogP contribution in [-0.4, -0.2) is 28.6 Å². The van der Waals surface area contributed by atoms with E-state index in [4.69, 9.17) is 9.84 Å². The minimum atomic E-state index is -0.173. The number of carbonyl (C=O) groups is 1. The molecule has 0 aliphatic heterocycles. The second-order valence-corrected chi connectivity index (χ2v) is 5.47. The number of hydrogen-bond donors (Lipinski definition) is 2. The number of carbonyl (C=O) groups excluding carboxylic acids is 1. The first kappa shape index (κ1) is 17.7. The van der Waals surface area contributed by atoms with Crippen LogP contribution in [0.2, 0.25) is 0 Å². The van der Waals surface area contributed by atoms with Crippen LogP contribution < -0.4 is 10.1 Å². The molecule has 0 saturated heterocycles. The van der Waals surface area contributed by atoms with Crippen molar-refractivity contribution < 1.29 is 14.6 Å². The van der Waals surface area contributed by atoms with Crippen LogP contribution in [0.3, 0.4) is 0 Å². The molecule has 5 heteroatoms. The number of ether oxygens (including phenoxy) is 1. The Labute approximate surface area is 142 Å². The Morgan fingerprint density at radius 1 is 1.33 bits per heavy atom. The molecule has 1 amide bonds. The quantitative estimate of drug-likeness (QED) is 0.731. The van der Waals surface area contributed by atoms with Gasteiger partial charge in [-0.3, -0.25) is 9.78 Å². The van der Waals surface area contributed by atoms with E-state index in [2.05, 4.69) is 10.3 Å². The maximum atomic E-state index is 11.7. The molecule has 1 heterocycles. The van der Waals surface area contributed by atoms with Gasteiger partial charge in [0.2, 0.25) is 5.91 Å². The predicted molar refractivity (Wildman–Crippen MR) is 93.4 cm³/mol. The molecule has 0 aliphatic rings. The van der Waals surface area contributed by atoms with Crippen LogP contribution in [0, 0.1) is 0 Å². The second kappa shape index (κ2) is 9.47. The number of nitrogens with zero attached hydrogens (tertiary/aromatic N) is 1. The van der Waals surface area contributed by atoms with Crippen LogP contribution >= 0.6 is 0 Å². The molecule has 0 radical (unpaired) electrons. The number of benzene rings is 1. The molecule has 2 aromatic rings. The molecule has 0 saturated carbocycles. The highest BCUT2D eigenvalue weighted by atomic mass is 16.5. The van der Waals surface area contributed by atoms with Crippen LogP contribution in [0.25, 0.3) is 6.08 Å². The number of nitrogens with one attached hydrogen (secondary N) is 1. The van der Waals surface area contributed by atoms with Gasteiger partial charge in [-0.05, 0) is 43.2 Å². The van der Waals surface area contributed by atoms with E-state index in [0.717, 1.165) is 16.9 Å². The lowest BCUT2D eigenvalue weighted by Gasteiger charge is -2.10. The highest BCUT2D eigenvalue weighted by Gasteiger charge is 2.03. The van der Waals surface area contributed by atoms with Crippen LogP contribution in [0.4, 0.5) is 0 Å². The van der Waals surface area contributed by atoms with Gasteiger partial charge < -0.3 is 15.2 Å². The van der Waals surface area contributed by atoms with E-state index in [9.17, 15) is 4.79 Å². The summed E-state index contributed by atoms with van der Waals surface area (Å²) >= 11 is 0. The molecule has 2 N–H and O–H groups in total. The molecule has 0 bridgehead atoms. The Kier molecular flexibility index (Phi) is 6.98. The van der Waals surface area contributed by atoms with Crippen molar-refractivity contribution in [3.63, 3.8) is 0 Å². The monoisotopic (exact) mass is 326 g/mol. The molecule has 1 aromatic carbocycles. The highest BCUT2D eigenvalue weighted by molar-refractivity contribution is 5.91. The summed E-state index contributed by atoms with van der Waals surface area (Å²) in [5, 5.41) is 11.6. The number of pyridine rings is 1. The molecular weight excluding hydrogens is 304 g/mol. The summed E-state index contributed by atoms with van der Waals surface area (Å²) < 4.78 is 5.69. The van der Waals surface area contributed by atoms with E-state index >= 15 is 0 Å². The van der Waals surface area contributed by atoms with E-state index in [-0.39, 0.29) is 18.6 Å². The first-order valence-corrected chi connectivity index (χ1v) is 7.88. The lowest BCUT2D eigenvalue weighted by molar-refractivity contribution is -0.117. The number of hydrogen-bond acceptors (Lipinski definition) is 4. The maximum absolute atomic E-state index is 11.7. The normalized spacial score (nSPS) is 12.1. The van der Waals surface area contributed by atoms with Crippen molar-refractivity contribution in [3.05, 3.63) is 66.0 Å². The fourth-order valence-corrected chi connectivity index (χ4v) is 2.05. The average molecular weight is 326 g/mol. The number of aliphatic hydroxyl groups is 1. The van der Waals surface area contributed by atoms with Gasteiger partial charge in [0.05, 0.1) is 0 Å². The van der Waals surface area contributed by atoms with Gasteiger partial charge in [0.25, 0.3) is 0 Å². The van der Waals surface area contributed by atoms with Gasteiger partial charge >= 0.3 is 0 Å². The maximum Gasteiger partial charge on any atom is 0.244 e. The fraction of sp³-hybridized carbons (Fsp3) is 0.263. The fourth-order valence-electron chi connectivity index (χ4n) is 2.05. The Hall–Kier alpha value is -2.66. The van der Waals surface area contributed by atoms with E-state index in [1.165, 1.54) is 6.08 Å². The lowest BCUT2D eigenvalue weighted by Crippen LogP contribution is -2.31. The van der Waals surface area contributed by atoms with Crippen LogP contribution in [0.1, 0.15) is 24.5 Å². The summed E-state index contributed by atoms with van der Waals surface area (Å²) in [5.41, 5.74) is 1.92. The van der Waals surface area contributed by atoms with Gasteiger partial charge in [0.1, 0.15) is 12.4 Å². The van der Waals surface area contributed by atoms with Gasteiger partial charge in [0, 0.05) is 36.7 Å². The molecule has 0 aliphatic carbocycles. The molecule has 1 unspecified atom stereocenters. The van der Waals surface area contributed by atoms with Gasteiger partial charge in [0.15, 0.2) is 0 Å². The summed E-state index contributed by atoms with van der Waals surface area (Å²) in [7, 11) is 0. The summed E-state index contributed by atoms with van der Waals surface area (Å²) in [6.07, 6.45) is 7.27. The molecule has 0 fully saturated rings. The van der Waals surface area contributed by atoms with Crippen molar-refractivity contribution in [3.8, 4) is 5.75 Å². The standard InChI is InChI=1S/C19H22N2O3/c1-15(10-12-22)21-19(23)9-6-16-4-7-18(8-5-16)24-14-17-3-2-11-20-13-17/h2-9,11,13,15,22H,10,12,14H2,1H3,(H,21,23)/b9-6+. The molecule has 126 valence electrons. The largest absolute Gasteiger partial charge is 0.489 e. The number of aliphatic hydroxyl groups excluding tert-OH is 1. The molecule has 24 heavy (non-hydrogen) atoms. The Balaban J connectivity index is 1.83.